The van der Waals surface area contributed by atoms with E-state index in [9.17, 15) is 14.4 Å². The predicted molar refractivity (Wildman–Crippen MR) is 91.1 cm³/mol. The maximum atomic E-state index is 12.9. The first-order valence-electron chi connectivity index (χ1n) is 8.69. The number of nitrogens with zero attached hydrogens (tertiary/aromatic N) is 2. The predicted octanol–water partition coefficient (Wildman–Crippen LogP) is 1.29. The van der Waals surface area contributed by atoms with Gasteiger partial charge in [-0.2, -0.15) is 0 Å². The van der Waals surface area contributed by atoms with Crippen molar-refractivity contribution in [2.45, 2.75) is 64.5 Å². The third-order valence-corrected chi connectivity index (χ3v) is 4.81. The zero-order valence-electron chi connectivity index (χ0n) is 15.4. The molecule has 4 amide bonds. The van der Waals surface area contributed by atoms with Crippen molar-refractivity contribution in [3.8, 4) is 0 Å². The molecule has 7 nitrogen and oxygen atoms in total. The van der Waals surface area contributed by atoms with E-state index >= 15 is 0 Å². The molecule has 1 spiro atoms. The van der Waals surface area contributed by atoms with Crippen molar-refractivity contribution in [1.82, 2.24) is 20.4 Å². The van der Waals surface area contributed by atoms with E-state index in [0.29, 0.717) is 6.42 Å². The number of carbonyl (C=O) groups excluding carboxylic acids is 3. The van der Waals surface area contributed by atoms with Gasteiger partial charge in [-0.1, -0.05) is 19.8 Å². The van der Waals surface area contributed by atoms with Gasteiger partial charge in [0.15, 0.2) is 0 Å². The molecule has 1 heterocycles. The zero-order valence-corrected chi connectivity index (χ0v) is 15.4. The van der Waals surface area contributed by atoms with E-state index < -0.39 is 5.54 Å². The molecule has 0 aromatic heterocycles. The fraction of sp³-hybridized carbons (Fsp3) is 0.824. The lowest BCUT2D eigenvalue weighted by molar-refractivity contribution is -0.136. The minimum atomic E-state index is -0.746. The summed E-state index contributed by atoms with van der Waals surface area (Å²) < 4.78 is 0. The van der Waals surface area contributed by atoms with Crippen LogP contribution in [0.2, 0.25) is 0 Å². The highest BCUT2D eigenvalue weighted by atomic mass is 16.2. The van der Waals surface area contributed by atoms with Gasteiger partial charge in [0.1, 0.15) is 5.54 Å². The molecule has 0 radical (unpaired) electrons. The van der Waals surface area contributed by atoms with E-state index in [0.717, 1.165) is 19.3 Å². The molecule has 0 bridgehead atoms. The molecule has 2 N–H and O–H groups in total. The fourth-order valence-electron chi connectivity index (χ4n) is 3.62. The molecule has 2 fully saturated rings. The summed E-state index contributed by atoms with van der Waals surface area (Å²) in [6, 6.07) is -0.350. The van der Waals surface area contributed by atoms with Gasteiger partial charge in [-0.25, -0.2) is 9.69 Å². The number of likely N-dealkylation sites (N-methyl/N-ethyl adjacent to an activating group) is 1. The summed E-state index contributed by atoms with van der Waals surface area (Å²) >= 11 is 0. The van der Waals surface area contributed by atoms with Crippen molar-refractivity contribution in [2.24, 2.45) is 5.92 Å². The van der Waals surface area contributed by atoms with Crippen LogP contribution in [0.1, 0.15) is 53.4 Å². The Morgan fingerprint density at radius 2 is 2.04 bits per heavy atom. The second kappa shape index (κ2) is 6.70. The minimum absolute atomic E-state index is 0.122. The molecule has 1 aliphatic carbocycles. The molecule has 24 heavy (non-hydrogen) atoms. The minimum Gasteiger partial charge on any atom is -0.350 e. The Morgan fingerprint density at radius 1 is 1.38 bits per heavy atom. The molecule has 2 atom stereocenters. The summed E-state index contributed by atoms with van der Waals surface area (Å²) in [4.78, 5) is 40.1. The monoisotopic (exact) mass is 338 g/mol. The van der Waals surface area contributed by atoms with E-state index in [1.54, 1.807) is 11.9 Å². The first kappa shape index (κ1) is 18.7. The van der Waals surface area contributed by atoms with Crippen LogP contribution < -0.4 is 10.6 Å². The van der Waals surface area contributed by atoms with E-state index in [-0.39, 0.29) is 42.5 Å². The number of nitrogens with one attached hydrogen (secondary N) is 2. The van der Waals surface area contributed by atoms with Gasteiger partial charge in [-0.3, -0.25) is 14.5 Å². The second-order valence-corrected chi connectivity index (χ2v) is 8.24. The number of rotatable bonds is 4. The van der Waals surface area contributed by atoms with Gasteiger partial charge in [0.05, 0.1) is 13.2 Å². The number of hydrogen-bond donors (Lipinski definition) is 2. The number of amides is 4. The average molecular weight is 338 g/mol. The van der Waals surface area contributed by atoms with Crippen LogP contribution in [0.4, 0.5) is 4.79 Å². The normalized spacial score (nSPS) is 27.8. The third-order valence-electron chi connectivity index (χ3n) is 4.81. The van der Waals surface area contributed by atoms with E-state index in [1.165, 1.54) is 4.90 Å². The Kier molecular flexibility index (Phi) is 5.22. The molecule has 2 rings (SSSR count). The van der Waals surface area contributed by atoms with Gasteiger partial charge in [0.2, 0.25) is 5.91 Å². The highest BCUT2D eigenvalue weighted by molar-refractivity contribution is 6.07. The van der Waals surface area contributed by atoms with Gasteiger partial charge in [-0.05, 0) is 46.6 Å². The molecule has 0 aromatic rings. The maximum absolute atomic E-state index is 12.9. The van der Waals surface area contributed by atoms with Crippen molar-refractivity contribution < 1.29 is 14.4 Å². The zero-order chi connectivity index (χ0) is 18.1. The number of hydrogen-bond acceptors (Lipinski definition) is 4. The first-order valence-corrected chi connectivity index (χ1v) is 8.69. The molecule has 1 saturated carbocycles. The molecule has 7 heteroatoms. The SMILES string of the molecule is C[C@H]1CCCC[C@]12NC(=O)N(CN(C)CC(=O)NC(C)(C)C)C2=O. The summed E-state index contributed by atoms with van der Waals surface area (Å²) in [5, 5.41) is 5.80. The highest BCUT2D eigenvalue weighted by Crippen LogP contribution is 2.38. The molecule has 2 aliphatic rings. The molecular weight excluding hydrogens is 308 g/mol. The van der Waals surface area contributed by atoms with Crippen LogP contribution >= 0.6 is 0 Å². The van der Waals surface area contributed by atoms with Crippen LogP contribution in [-0.2, 0) is 9.59 Å². The summed E-state index contributed by atoms with van der Waals surface area (Å²) in [6.07, 6.45) is 3.69. The van der Waals surface area contributed by atoms with E-state index in [1.807, 2.05) is 27.7 Å². The lowest BCUT2D eigenvalue weighted by Gasteiger charge is -2.37. The molecule has 0 aromatic carbocycles. The average Bonchev–Trinajstić information content (AvgIpc) is 2.65. The lowest BCUT2D eigenvalue weighted by atomic mass is 9.73. The number of imide groups is 1. The Labute approximate surface area is 144 Å². The largest absolute Gasteiger partial charge is 0.350 e. The van der Waals surface area contributed by atoms with Crippen LogP contribution in [0.3, 0.4) is 0 Å². The van der Waals surface area contributed by atoms with Crippen LogP contribution in [0.25, 0.3) is 0 Å². The third kappa shape index (κ3) is 3.88. The van der Waals surface area contributed by atoms with Crippen LogP contribution in [0.15, 0.2) is 0 Å². The van der Waals surface area contributed by atoms with Gasteiger partial charge in [0.25, 0.3) is 5.91 Å². The number of urea groups is 1. The number of carbonyl (C=O) groups is 3. The van der Waals surface area contributed by atoms with Crippen molar-refractivity contribution in [3.05, 3.63) is 0 Å². The molecule has 0 unspecified atom stereocenters. The summed E-state index contributed by atoms with van der Waals surface area (Å²) in [7, 11) is 1.73. The Bertz CT molecular complexity index is 528. The van der Waals surface area contributed by atoms with Crippen molar-refractivity contribution >= 4 is 17.8 Å². The van der Waals surface area contributed by atoms with Crippen molar-refractivity contribution in [3.63, 3.8) is 0 Å². The van der Waals surface area contributed by atoms with E-state index in [2.05, 4.69) is 10.6 Å². The topological polar surface area (TPSA) is 81.8 Å². The fourth-order valence-corrected chi connectivity index (χ4v) is 3.62. The van der Waals surface area contributed by atoms with Crippen LogP contribution in [0, 0.1) is 5.92 Å². The summed E-state index contributed by atoms with van der Waals surface area (Å²) in [5.41, 5.74) is -1.05. The summed E-state index contributed by atoms with van der Waals surface area (Å²) in [5.74, 6) is -0.136. The Morgan fingerprint density at radius 3 is 2.62 bits per heavy atom. The highest BCUT2D eigenvalue weighted by Gasteiger charge is 2.54. The molecule has 1 saturated heterocycles. The molecule has 136 valence electrons. The summed E-state index contributed by atoms with van der Waals surface area (Å²) in [6.45, 7) is 8.03. The van der Waals surface area contributed by atoms with Gasteiger partial charge in [-0.15, -0.1) is 0 Å². The van der Waals surface area contributed by atoms with Gasteiger partial charge >= 0.3 is 6.03 Å². The lowest BCUT2D eigenvalue weighted by Crippen LogP contribution is -2.54. The Balaban J connectivity index is 1.98. The van der Waals surface area contributed by atoms with Crippen LogP contribution in [0.5, 0.6) is 0 Å². The maximum Gasteiger partial charge on any atom is 0.326 e. The van der Waals surface area contributed by atoms with Crippen LogP contribution in [-0.4, -0.2) is 59.0 Å². The van der Waals surface area contributed by atoms with E-state index in [4.69, 9.17) is 0 Å². The molecule has 1 aliphatic heterocycles. The quantitative estimate of drug-likeness (QED) is 0.757. The smallest absolute Gasteiger partial charge is 0.326 e. The first-order chi connectivity index (χ1) is 11.0. The van der Waals surface area contributed by atoms with Crippen molar-refractivity contribution in [2.75, 3.05) is 20.3 Å². The van der Waals surface area contributed by atoms with Crippen molar-refractivity contribution in [1.29, 1.82) is 0 Å². The van der Waals surface area contributed by atoms with Gasteiger partial charge in [0, 0.05) is 5.54 Å². The van der Waals surface area contributed by atoms with Gasteiger partial charge < -0.3 is 10.6 Å². The Hall–Kier alpha value is -1.63. The second-order valence-electron chi connectivity index (χ2n) is 8.24. The standard InChI is InChI=1S/C17H30N4O3/c1-12-8-6-7-9-17(12)14(23)21(15(24)19-17)11-20(5)10-13(22)18-16(2,3)4/h12H,6-11H2,1-5H3,(H,18,22)(H,19,24)/t12-,17-/m0/s1. The molecular formula is C17H30N4O3.